The van der Waals surface area contributed by atoms with Crippen LogP contribution < -0.4 is 15.5 Å². The van der Waals surface area contributed by atoms with Crippen molar-refractivity contribution in [3.8, 4) is 0 Å². The van der Waals surface area contributed by atoms with E-state index in [9.17, 15) is 9.59 Å². The zero-order valence-corrected chi connectivity index (χ0v) is 19.9. The summed E-state index contributed by atoms with van der Waals surface area (Å²) in [6, 6.07) is 16.2. The Morgan fingerprint density at radius 1 is 1.06 bits per heavy atom. The van der Waals surface area contributed by atoms with Gasteiger partial charge in [-0.15, -0.1) is 0 Å². The molecule has 0 fully saturated rings. The molecule has 2 heterocycles. The Bertz CT molecular complexity index is 1280. The van der Waals surface area contributed by atoms with E-state index < -0.39 is 6.04 Å². The van der Waals surface area contributed by atoms with E-state index >= 15 is 0 Å². The molecule has 34 heavy (non-hydrogen) atoms. The lowest BCUT2D eigenvalue weighted by molar-refractivity contribution is -0.118. The summed E-state index contributed by atoms with van der Waals surface area (Å²) in [6.07, 6.45) is 2.69. The van der Waals surface area contributed by atoms with Gasteiger partial charge in [0.1, 0.15) is 11.8 Å². The molecule has 174 valence electrons. The predicted molar refractivity (Wildman–Crippen MR) is 134 cm³/mol. The molecule has 0 saturated heterocycles. The van der Waals surface area contributed by atoms with E-state index in [4.69, 9.17) is 4.42 Å². The van der Waals surface area contributed by atoms with Gasteiger partial charge in [-0.25, -0.2) is 4.79 Å². The van der Waals surface area contributed by atoms with Crippen LogP contribution in [0.1, 0.15) is 49.6 Å². The number of hydrogen-bond acceptors (Lipinski definition) is 4. The number of allylic oxidation sites excluding steroid dienone is 1. The topological polar surface area (TPSA) is 74.6 Å². The number of urea groups is 1. The Morgan fingerprint density at radius 2 is 1.79 bits per heavy atom. The number of nitrogens with one attached hydrogen (secondary N) is 2. The monoisotopic (exact) mass is 455 g/mol. The highest BCUT2D eigenvalue weighted by Gasteiger charge is 2.44. The first kappa shape index (κ1) is 22.0. The maximum Gasteiger partial charge on any atom is 0.327 e. The van der Waals surface area contributed by atoms with Crippen LogP contribution in [0, 0.1) is 19.3 Å². The molecule has 1 aromatic heterocycles. The van der Waals surface area contributed by atoms with Gasteiger partial charge in [0, 0.05) is 23.4 Å². The summed E-state index contributed by atoms with van der Waals surface area (Å²) < 4.78 is 5.83. The second-order valence-electron chi connectivity index (χ2n) is 10.1. The maximum absolute atomic E-state index is 13.9. The van der Waals surface area contributed by atoms with Crippen molar-refractivity contribution in [3.63, 3.8) is 0 Å². The first-order valence-electron chi connectivity index (χ1n) is 11.6. The number of hydrogen-bond donors (Lipinski definition) is 2. The van der Waals surface area contributed by atoms with Crippen molar-refractivity contribution in [2.24, 2.45) is 5.41 Å². The summed E-state index contributed by atoms with van der Waals surface area (Å²) in [4.78, 5) is 29.2. The van der Waals surface area contributed by atoms with Gasteiger partial charge in [-0.05, 0) is 73.2 Å². The number of Topliss-reactive ketones (excluding diaryl/α,β-unsaturated/α-hetero) is 1. The Hall–Kier alpha value is -3.80. The highest BCUT2D eigenvalue weighted by Crippen LogP contribution is 2.48. The largest absolute Gasteiger partial charge is 0.467 e. The molecular formula is C28H29N3O3. The number of carbonyl (C=O) groups excluding carboxylic acids is 2. The zero-order chi connectivity index (χ0) is 24.0. The fraction of sp³-hybridized carbons (Fsp3) is 0.286. The summed E-state index contributed by atoms with van der Waals surface area (Å²) >= 11 is 0. The number of furan rings is 1. The van der Waals surface area contributed by atoms with Gasteiger partial charge in [0.15, 0.2) is 5.78 Å². The first-order chi connectivity index (χ1) is 16.2. The Labute approximate surface area is 199 Å². The smallest absolute Gasteiger partial charge is 0.327 e. The van der Waals surface area contributed by atoms with Crippen molar-refractivity contribution in [1.29, 1.82) is 0 Å². The van der Waals surface area contributed by atoms with Gasteiger partial charge in [-0.3, -0.25) is 9.69 Å². The van der Waals surface area contributed by atoms with Crippen LogP contribution in [0.5, 0.6) is 0 Å². The van der Waals surface area contributed by atoms with E-state index in [1.807, 2.05) is 56.3 Å². The molecule has 2 aliphatic rings. The van der Waals surface area contributed by atoms with Crippen LogP contribution in [0.3, 0.4) is 0 Å². The van der Waals surface area contributed by atoms with Crippen LogP contribution in [0.4, 0.5) is 21.9 Å². The van der Waals surface area contributed by atoms with Crippen LogP contribution in [-0.4, -0.2) is 11.8 Å². The molecule has 2 amide bonds. The van der Waals surface area contributed by atoms with Crippen LogP contribution in [0.2, 0.25) is 0 Å². The van der Waals surface area contributed by atoms with Crippen LogP contribution in [0.15, 0.2) is 76.5 Å². The van der Waals surface area contributed by atoms with Crippen molar-refractivity contribution in [3.05, 3.63) is 89.0 Å². The van der Waals surface area contributed by atoms with E-state index in [0.717, 1.165) is 22.5 Å². The average molecular weight is 456 g/mol. The number of amides is 2. The Kier molecular flexibility index (Phi) is 5.31. The third kappa shape index (κ3) is 4.00. The number of carbonyl (C=O) groups is 2. The molecule has 5 rings (SSSR count). The number of ketones is 1. The summed E-state index contributed by atoms with van der Waals surface area (Å²) in [5, 5.41) is 6.57. The molecule has 0 bridgehead atoms. The number of fused-ring (bicyclic) bond motifs is 1. The minimum absolute atomic E-state index is 0.0251. The molecule has 1 unspecified atom stereocenters. The lowest BCUT2D eigenvalue weighted by Gasteiger charge is -2.36. The summed E-state index contributed by atoms with van der Waals surface area (Å²) in [6.45, 7) is 8.19. The Morgan fingerprint density at radius 3 is 2.50 bits per heavy atom. The van der Waals surface area contributed by atoms with Gasteiger partial charge in [0.25, 0.3) is 0 Å². The summed E-state index contributed by atoms with van der Waals surface area (Å²) in [7, 11) is 0. The molecular weight excluding hydrogens is 426 g/mol. The fourth-order valence-corrected chi connectivity index (χ4v) is 5.16. The van der Waals surface area contributed by atoms with Crippen LogP contribution >= 0.6 is 0 Å². The van der Waals surface area contributed by atoms with Gasteiger partial charge in [0.05, 0.1) is 17.6 Å². The Balaban J connectivity index is 1.68. The van der Waals surface area contributed by atoms with Gasteiger partial charge >= 0.3 is 6.03 Å². The van der Waals surface area contributed by atoms with E-state index in [2.05, 4.69) is 30.5 Å². The van der Waals surface area contributed by atoms with Crippen LogP contribution in [-0.2, 0) is 4.79 Å². The quantitative estimate of drug-likeness (QED) is 0.448. The highest BCUT2D eigenvalue weighted by atomic mass is 16.3. The van der Waals surface area contributed by atoms with E-state index in [1.165, 1.54) is 0 Å². The van der Waals surface area contributed by atoms with E-state index in [-0.39, 0.29) is 17.2 Å². The van der Waals surface area contributed by atoms with E-state index in [1.54, 1.807) is 17.2 Å². The molecule has 0 spiro atoms. The standard InChI is InChI=1S/C28H29N3O3/c1-17-12-18(2)14-19(13-17)29-27(33)31-22-9-6-5-8-20(22)30-21-15-28(3,4)16-23(32)25(21)26(31)24-10-7-11-34-24/h5-14,26,30H,15-16H2,1-4H3,(H,29,33). The predicted octanol–water partition coefficient (Wildman–Crippen LogP) is 6.74. The van der Waals surface area contributed by atoms with Gasteiger partial charge < -0.3 is 15.1 Å². The maximum atomic E-state index is 13.9. The third-order valence-corrected chi connectivity index (χ3v) is 6.41. The molecule has 0 radical (unpaired) electrons. The van der Waals surface area contributed by atoms with Crippen molar-refractivity contribution in [2.45, 2.75) is 46.6 Å². The molecule has 1 aliphatic carbocycles. The van der Waals surface area contributed by atoms with Gasteiger partial charge in [-0.2, -0.15) is 0 Å². The van der Waals surface area contributed by atoms with Gasteiger partial charge in [0.2, 0.25) is 0 Å². The third-order valence-electron chi connectivity index (χ3n) is 6.41. The number of aryl methyl sites for hydroxylation is 2. The summed E-state index contributed by atoms with van der Waals surface area (Å²) in [5.74, 6) is 0.576. The average Bonchev–Trinajstić information content (AvgIpc) is 3.21. The molecule has 3 aromatic rings. The lowest BCUT2D eigenvalue weighted by atomic mass is 9.74. The molecule has 1 atom stereocenters. The van der Waals surface area contributed by atoms with Gasteiger partial charge in [-0.1, -0.05) is 32.0 Å². The number of nitrogens with zero attached hydrogens (tertiary/aromatic N) is 1. The van der Waals surface area contributed by atoms with Crippen molar-refractivity contribution < 1.29 is 14.0 Å². The molecule has 6 heteroatoms. The second-order valence-corrected chi connectivity index (χ2v) is 10.1. The SMILES string of the molecule is Cc1cc(C)cc(NC(=O)N2c3ccccc3NC3=C(C(=O)CC(C)(C)C3)C2c2ccco2)c1. The molecule has 2 aromatic carbocycles. The molecule has 6 nitrogen and oxygen atoms in total. The number of para-hydroxylation sites is 2. The molecule has 1 aliphatic heterocycles. The normalized spacial score (nSPS) is 19.1. The molecule has 0 saturated carbocycles. The van der Waals surface area contributed by atoms with Crippen LogP contribution in [0.25, 0.3) is 0 Å². The highest BCUT2D eigenvalue weighted by molar-refractivity contribution is 6.09. The lowest BCUT2D eigenvalue weighted by Crippen LogP contribution is -2.41. The van der Waals surface area contributed by atoms with Crippen molar-refractivity contribution >= 4 is 28.9 Å². The number of benzene rings is 2. The minimum Gasteiger partial charge on any atom is -0.467 e. The summed E-state index contributed by atoms with van der Waals surface area (Å²) in [5.41, 5.74) is 5.55. The number of rotatable bonds is 2. The van der Waals surface area contributed by atoms with Crippen molar-refractivity contribution in [2.75, 3.05) is 15.5 Å². The fourth-order valence-electron chi connectivity index (χ4n) is 5.16. The van der Waals surface area contributed by atoms with E-state index in [0.29, 0.717) is 35.5 Å². The van der Waals surface area contributed by atoms with Crippen molar-refractivity contribution in [1.82, 2.24) is 0 Å². The first-order valence-corrected chi connectivity index (χ1v) is 11.6. The minimum atomic E-state index is -0.685. The molecule has 2 N–H and O–H groups in total. The second kappa shape index (κ2) is 8.20. The number of anilines is 3. The zero-order valence-electron chi connectivity index (χ0n) is 19.9.